The standard InChI is InChI=1S/C9H10Cl2O/c1-12-9-7(5-10)3-2-4-8(9)6-11/h2-4H,5-6H2,1H3. The number of ether oxygens (including phenoxy) is 1. The number of para-hydroxylation sites is 1. The summed E-state index contributed by atoms with van der Waals surface area (Å²) >= 11 is 11.4. The van der Waals surface area contributed by atoms with Gasteiger partial charge in [0.25, 0.3) is 0 Å². The third-order valence-corrected chi connectivity index (χ3v) is 2.25. The maximum Gasteiger partial charge on any atom is 0.127 e. The minimum absolute atomic E-state index is 0.452. The molecule has 12 heavy (non-hydrogen) atoms. The summed E-state index contributed by atoms with van der Waals surface area (Å²) in [5.74, 6) is 1.71. The van der Waals surface area contributed by atoms with Gasteiger partial charge in [-0.05, 0) is 0 Å². The predicted molar refractivity (Wildman–Crippen MR) is 52.1 cm³/mol. The van der Waals surface area contributed by atoms with Crippen molar-refractivity contribution in [2.45, 2.75) is 11.8 Å². The van der Waals surface area contributed by atoms with E-state index in [9.17, 15) is 0 Å². The molecule has 0 aliphatic rings. The summed E-state index contributed by atoms with van der Waals surface area (Å²) in [5.41, 5.74) is 1.97. The Balaban J connectivity index is 3.13. The molecule has 0 heterocycles. The maximum absolute atomic E-state index is 5.72. The third kappa shape index (κ3) is 1.85. The van der Waals surface area contributed by atoms with Gasteiger partial charge in [0, 0.05) is 11.1 Å². The van der Waals surface area contributed by atoms with Crippen LogP contribution >= 0.6 is 23.2 Å². The minimum atomic E-state index is 0.452. The second kappa shape index (κ2) is 4.58. The van der Waals surface area contributed by atoms with Gasteiger partial charge in [-0.25, -0.2) is 0 Å². The van der Waals surface area contributed by atoms with E-state index in [-0.39, 0.29) is 0 Å². The van der Waals surface area contributed by atoms with Gasteiger partial charge in [-0.15, -0.1) is 23.2 Å². The number of hydrogen-bond acceptors (Lipinski definition) is 1. The monoisotopic (exact) mass is 204 g/mol. The van der Waals surface area contributed by atoms with Crippen LogP contribution in [0.15, 0.2) is 18.2 Å². The largest absolute Gasteiger partial charge is 0.496 e. The molecule has 1 aromatic rings. The number of rotatable bonds is 3. The molecule has 0 saturated carbocycles. The highest BCUT2D eigenvalue weighted by atomic mass is 35.5. The number of hydrogen-bond donors (Lipinski definition) is 0. The van der Waals surface area contributed by atoms with Crippen molar-refractivity contribution < 1.29 is 4.74 Å². The number of methoxy groups -OCH3 is 1. The second-order valence-electron chi connectivity index (χ2n) is 2.38. The van der Waals surface area contributed by atoms with Gasteiger partial charge < -0.3 is 4.74 Å². The van der Waals surface area contributed by atoms with Crippen LogP contribution in [0.1, 0.15) is 11.1 Å². The zero-order chi connectivity index (χ0) is 8.97. The molecule has 0 atom stereocenters. The fourth-order valence-electron chi connectivity index (χ4n) is 1.11. The summed E-state index contributed by atoms with van der Waals surface area (Å²) in [4.78, 5) is 0. The molecule has 0 amide bonds. The van der Waals surface area contributed by atoms with Crippen molar-refractivity contribution >= 4 is 23.2 Å². The minimum Gasteiger partial charge on any atom is -0.496 e. The van der Waals surface area contributed by atoms with E-state index in [0.717, 1.165) is 16.9 Å². The molecule has 1 rings (SSSR count). The van der Waals surface area contributed by atoms with Crippen molar-refractivity contribution in [3.05, 3.63) is 29.3 Å². The van der Waals surface area contributed by atoms with Crippen molar-refractivity contribution in [2.24, 2.45) is 0 Å². The van der Waals surface area contributed by atoms with Gasteiger partial charge in [0.05, 0.1) is 18.9 Å². The van der Waals surface area contributed by atoms with Crippen LogP contribution in [0.4, 0.5) is 0 Å². The average Bonchev–Trinajstić information content (AvgIpc) is 2.16. The lowest BCUT2D eigenvalue weighted by molar-refractivity contribution is 0.407. The van der Waals surface area contributed by atoms with E-state index in [4.69, 9.17) is 27.9 Å². The van der Waals surface area contributed by atoms with Gasteiger partial charge in [0.2, 0.25) is 0 Å². The molecule has 0 aliphatic carbocycles. The van der Waals surface area contributed by atoms with Gasteiger partial charge in [0.15, 0.2) is 0 Å². The summed E-state index contributed by atoms with van der Waals surface area (Å²) in [5, 5.41) is 0. The molecule has 3 heteroatoms. The van der Waals surface area contributed by atoms with Crippen LogP contribution < -0.4 is 4.74 Å². The lowest BCUT2D eigenvalue weighted by Crippen LogP contribution is -1.93. The summed E-state index contributed by atoms with van der Waals surface area (Å²) < 4.78 is 5.19. The fraction of sp³-hybridized carbons (Fsp3) is 0.333. The maximum atomic E-state index is 5.72. The molecule has 0 saturated heterocycles. The molecule has 0 aromatic heterocycles. The lowest BCUT2D eigenvalue weighted by atomic mass is 10.1. The Bertz CT molecular complexity index is 238. The van der Waals surface area contributed by atoms with E-state index in [0.29, 0.717) is 11.8 Å². The van der Waals surface area contributed by atoms with E-state index in [1.54, 1.807) is 7.11 Å². The van der Waals surface area contributed by atoms with Gasteiger partial charge >= 0.3 is 0 Å². The van der Waals surface area contributed by atoms with E-state index in [1.165, 1.54) is 0 Å². The Morgan fingerprint density at radius 3 is 2.00 bits per heavy atom. The van der Waals surface area contributed by atoms with Crippen LogP contribution in [-0.2, 0) is 11.8 Å². The zero-order valence-corrected chi connectivity index (χ0v) is 8.32. The molecular formula is C9H10Cl2O. The zero-order valence-electron chi connectivity index (χ0n) is 6.81. The number of alkyl halides is 2. The van der Waals surface area contributed by atoms with Crippen LogP contribution in [0.2, 0.25) is 0 Å². The summed E-state index contributed by atoms with van der Waals surface area (Å²) in [7, 11) is 1.63. The molecule has 0 unspecified atom stereocenters. The van der Waals surface area contributed by atoms with Gasteiger partial charge in [-0.2, -0.15) is 0 Å². The Kier molecular flexibility index (Phi) is 3.70. The van der Waals surface area contributed by atoms with E-state index in [1.807, 2.05) is 18.2 Å². The van der Waals surface area contributed by atoms with E-state index >= 15 is 0 Å². The van der Waals surface area contributed by atoms with Crippen LogP contribution in [0.25, 0.3) is 0 Å². The molecule has 0 N–H and O–H groups in total. The molecule has 0 aliphatic heterocycles. The topological polar surface area (TPSA) is 9.23 Å². The summed E-state index contributed by atoms with van der Waals surface area (Å²) in [6.45, 7) is 0. The highest BCUT2D eigenvalue weighted by Gasteiger charge is 2.05. The van der Waals surface area contributed by atoms with E-state index in [2.05, 4.69) is 0 Å². The van der Waals surface area contributed by atoms with Gasteiger partial charge in [-0.1, -0.05) is 18.2 Å². The van der Waals surface area contributed by atoms with Gasteiger partial charge in [0.1, 0.15) is 5.75 Å². The van der Waals surface area contributed by atoms with Crippen LogP contribution in [-0.4, -0.2) is 7.11 Å². The Morgan fingerprint density at radius 2 is 1.67 bits per heavy atom. The quantitative estimate of drug-likeness (QED) is 0.688. The highest BCUT2D eigenvalue weighted by molar-refractivity contribution is 6.18. The average molecular weight is 205 g/mol. The van der Waals surface area contributed by atoms with Gasteiger partial charge in [-0.3, -0.25) is 0 Å². The van der Waals surface area contributed by atoms with Crippen LogP contribution in [0.3, 0.4) is 0 Å². The van der Waals surface area contributed by atoms with Crippen molar-refractivity contribution in [3.63, 3.8) is 0 Å². The normalized spacial score (nSPS) is 9.92. The van der Waals surface area contributed by atoms with E-state index < -0.39 is 0 Å². The fourth-order valence-corrected chi connectivity index (χ4v) is 1.53. The Labute approximate surface area is 82.2 Å². The first-order chi connectivity index (χ1) is 5.83. The molecule has 0 radical (unpaired) electrons. The molecule has 1 nitrogen and oxygen atoms in total. The third-order valence-electron chi connectivity index (χ3n) is 1.67. The first-order valence-corrected chi connectivity index (χ1v) is 4.67. The Morgan fingerprint density at radius 1 is 1.17 bits per heavy atom. The van der Waals surface area contributed by atoms with Crippen LogP contribution in [0.5, 0.6) is 5.75 Å². The molecule has 0 spiro atoms. The smallest absolute Gasteiger partial charge is 0.127 e. The molecule has 0 bridgehead atoms. The predicted octanol–water partition coefficient (Wildman–Crippen LogP) is 3.17. The first kappa shape index (κ1) is 9.69. The van der Waals surface area contributed by atoms with Crippen molar-refractivity contribution in [1.82, 2.24) is 0 Å². The SMILES string of the molecule is COc1c(CCl)cccc1CCl. The molecule has 1 aromatic carbocycles. The lowest BCUT2D eigenvalue weighted by Gasteiger charge is -2.09. The second-order valence-corrected chi connectivity index (χ2v) is 2.91. The summed E-state index contributed by atoms with van der Waals surface area (Å²) in [6.07, 6.45) is 0. The molecule has 0 fully saturated rings. The first-order valence-electron chi connectivity index (χ1n) is 3.60. The van der Waals surface area contributed by atoms with Crippen LogP contribution in [0, 0.1) is 0 Å². The highest BCUT2D eigenvalue weighted by Crippen LogP contribution is 2.26. The van der Waals surface area contributed by atoms with Crippen molar-refractivity contribution in [3.8, 4) is 5.75 Å². The number of benzene rings is 1. The van der Waals surface area contributed by atoms with Crippen molar-refractivity contribution in [2.75, 3.05) is 7.11 Å². The molecular weight excluding hydrogens is 195 g/mol. The summed E-state index contributed by atoms with van der Waals surface area (Å²) in [6, 6.07) is 5.79. The van der Waals surface area contributed by atoms with Crippen molar-refractivity contribution in [1.29, 1.82) is 0 Å². The molecule has 66 valence electrons. The Hall–Kier alpha value is -0.400. The number of halogens is 2.